The average Bonchev–Trinajstić information content (AvgIpc) is 2.70. The van der Waals surface area contributed by atoms with Gasteiger partial charge in [0, 0.05) is 16.5 Å². The highest BCUT2D eigenvalue weighted by Crippen LogP contribution is 2.37. The van der Waals surface area contributed by atoms with E-state index in [1.54, 1.807) is 18.2 Å². The molecule has 2 atom stereocenters. The fraction of sp³-hybridized carbons (Fsp3) is 0.333. The van der Waals surface area contributed by atoms with E-state index >= 15 is 0 Å². The van der Waals surface area contributed by atoms with Crippen LogP contribution >= 0.6 is 0 Å². The first-order valence-electron chi connectivity index (χ1n) is 10.4. The third kappa shape index (κ3) is 4.46. The number of hydrogen-bond donors (Lipinski definition) is 0. The minimum absolute atomic E-state index is 0.103. The molecule has 2 aromatic rings. The van der Waals surface area contributed by atoms with Gasteiger partial charge in [-0.25, -0.2) is 0 Å². The second-order valence-corrected chi connectivity index (χ2v) is 8.77. The summed E-state index contributed by atoms with van der Waals surface area (Å²) in [5, 5.41) is 0. The lowest BCUT2D eigenvalue weighted by Gasteiger charge is -2.31. The molecule has 0 saturated heterocycles. The molecule has 0 amide bonds. The molecule has 0 bridgehead atoms. The van der Waals surface area contributed by atoms with E-state index in [2.05, 4.69) is 58.1 Å². The molecule has 0 aromatic heterocycles. The van der Waals surface area contributed by atoms with Crippen molar-refractivity contribution in [3.8, 4) is 11.5 Å². The maximum absolute atomic E-state index is 11.9. The van der Waals surface area contributed by atoms with E-state index in [-0.39, 0.29) is 17.0 Å². The molecule has 30 heavy (non-hydrogen) atoms. The molecule has 1 aliphatic rings. The SMILES string of the molecule is CC(=O)c1ccc(Oc2ccc(C(C)(C)C3=CC(C)C(C)C=C3)cc2)cc1C(C)=O. The number of rotatable bonds is 6. The van der Waals surface area contributed by atoms with Crippen LogP contribution in [0, 0.1) is 11.8 Å². The first-order valence-corrected chi connectivity index (χ1v) is 10.4. The second-order valence-electron chi connectivity index (χ2n) is 8.77. The van der Waals surface area contributed by atoms with Crippen molar-refractivity contribution in [2.45, 2.75) is 47.0 Å². The Kier molecular flexibility index (Phi) is 6.12. The summed E-state index contributed by atoms with van der Waals surface area (Å²) in [4.78, 5) is 23.6. The lowest BCUT2D eigenvalue weighted by Crippen LogP contribution is -2.22. The molecule has 0 N–H and O–H groups in total. The van der Waals surface area contributed by atoms with Crippen LogP contribution in [0.5, 0.6) is 11.5 Å². The summed E-state index contributed by atoms with van der Waals surface area (Å²) in [5.41, 5.74) is 3.24. The molecule has 156 valence electrons. The average molecular weight is 403 g/mol. The van der Waals surface area contributed by atoms with Gasteiger partial charge in [-0.1, -0.05) is 58.1 Å². The number of Topliss-reactive ketones (excluding diaryl/α,β-unsaturated/α-hetero) is 2. The monoisotopic (exact) mass is 402 g/mol. The van der Waals surface area contributed by atoms with Crippen molar-refractivity contribution >= 4 is 11.6 Å². The van der Waals surface area contributed by atoms with Gasteiger partial charge in [0.15, 0.2) is 11.6 Å². The molecular formula is C27H30O3. The van der Waals surface area contributed by atoms with E-state index in [9.17, 15) is 9.59 Å². The predicted molar refractivity (Wildman–Crippen MR) is 122 cm³/mol. The molecule has 3 heteroatoms. The van der Waals surface area contributed by atoms with E-state index in [0.29, 0.717) is 34.5 Å². The zero-order valence-corrected chi connectivity index (χ0v) is 18.7. The van der Waals surface area contributed by atoms with Gasteiger partial charge in [0.25, 0.3) is 0 Å². The number of ketones is 2. The maximum Gasteiger partial charge on any atom is 0.160 e. The molecule has 2 unspecified atom stereocenters. The fourth-order valence-corrected chi connectivity index (χ4v) is 3.77. The van der Waals surface area contributed by atoms with Gasteiger partial charge in [-0.2, -0.15) is 0 Å². The molecule has 3 nitrogen and oxygen atoms in total. The number of carbonyl (C=O) groups is 2. The number of allylic oxidation sites excluding steroid dienone is 4. The van der Waals surface area contributed by atoms with Crippen molar-refractivity contribution in [2.75, 3.05) is 0 Å². The molecule has 2 aromatic carbocycles. The summed E-state index contributed by atoms with van der Waals surface area (Å²) in [6.45, 7) is 11.9. The van der Waals surface area contributed by atoms with Gasteiger partial charge in [0.2, 0.25) is 0 Å². The van der Waals surface area contributed by atoms with Crippen LogP contribution in [0.2, 0.25) is 0 Å². The largest absolute Gasteiger partial charge is 0.457 e. The molecule has 0 aliphatic heterocycles. The van der Waals surface area contributed by atoms with Crippen LogP contribution in [0.25, 0.3) is 0 Å². The fourth-order valence-electron chi connectivity index (χ4n) is 3.77. The Labute approximate surface area is 179 Å². The van der Waals surface area contributed by atoms with Gasteiger partial charge >= 0.3 is 0 Å². The summed E-state index contributed by atoms with van der Waals surface area (Å²) < 4.78 is 5.96. The Morgan fingerprint density at radius 3 is 2.00 bits per heavy atom. The number of ether oxygens (including phenoxy) is 1. The molecule has 0 heterocycles. The topological polar surface area (TPSA) is 43.4 Å². The number of benzene rings is 2. The Balaban J connectivity index is 1.82. The molecule has 0 spiro atoms. The zero-order valence-electron chi connectivity index (χ0n) is 18.7. The van der Waals surface area contributed by atoms with Gasteiger partial charge in [0.1, 0.15) is 11.5 Å². The number of hydrogen-bond acceptors (Lipinski definition) is 3. The van der Waals surface area contributed by atoms with E-state index in [0.717, 1.165) is 0 Å². The van der Waals surface area contributed by atoms with Crippen LogP contribution in [0.3, 0.4) is 0 Å². The minimum atomic E-state index is -0.153. The molecule has 0 radical (unpaired) electrons. The summed E-state index contributed by atoms with van der Waals surface area (Å²) in [5.74, 6) is 2.04. The van der Waals surface area contributed by atoms with E-state index < -0.39 is 0 Å². The Morgan fingerprint density at radius 1 is 0.833 bits per heavy atom. The van der Waals surface area contributed by atoms with Gasteiger partial charge < -0.3 is 4.74 Å². The highest BCUT2D eigenvalue weighted by Gasteiger charge is 2.27. The van der Waals surface area contributed by atoms with Crippen molar-refractivity contribution in [2.24, 2.45) is 11.8 Å². The van der Waals surface area contributed by atoms with Crippen molar-refractivity contribution < 1.29 is 14.3 Å². The predicted octanol–water partition coefficient (Wildman–Crippen LogP) is 6.93. The van der Waals surface area contributed by atoms with Crippen molar-refractivity contribution in [1.82, 2.24) is 0 Å². The first-order chi connectivity index (χ1) is 14.1. The summed E-state index contributed by atoms with van der Waals surface area (Å²) in [7, 11) is 0. The van der Waals surface area contributed by atoms with Crippen molar-refractivity contribution in [1.29, 1.82) is 0 Å². The summed E-state index contributed by atoms with van der Waals surface area (Å²) in [6, 6.07) is 13.1. The van der Waals surface area contributed by atoms with E-state index in [4.69, 9.17) is 4.74 Å². The Hall–Kier alpha value is -2.94. The normalized spacial score (nSPS) is 18.7. The molecular weight excluding hydrogens is 372 g/mol. The molecule has 0 saturated carbocycles. The van der Waals surface area contributed by atoms with Crippen LogP contribution in [0.1, 0.15) is 67.8 Å². The molecule has 0 fully saturated rings. The van der Waals surface area contributed by atoms with Crippen LogP contribution in [0.15, 0.2) is 66.3 Å². The standard InChI is InChI=1S/C27H30O3/c1-17-7-8-22(15-18(17)2)27(5,6)21-9-11-23(12-10-21)30-24-13-14-25(19(3)28)26(16-24)20(4)29/h7-18H,1-6H3. The van der Waals surface area contributed by atoms with Crippen LogP contribution in [-0.2, 0) is 5.41 Å². The lowest BCUT2D eigenvalue weighted by molar-refractivity contribution is 0.0980. The van der Waals surface area contributed by atoms with Gasteiger partial charge in [-0.3, -0.25) is 9.59 Å². The second kappa shape index (κ2) is 8.43. The van der Waals surface area contributed by atoms with E-state index in [1.165, 1.54) is 25.0 Å². The quantitative estimate of drug-likeness (QED) is 0.492. The molecule has 1 aliphatic carbocycles. The summed E-state index contributed by atoms with van der Waals surface area (Å²) >= 11 is 0. The van der Waals surface area contributed by atoms with Gasteiger partial charge in [-0.05, 0) is 67.2 Å². The smallest absolute Gasteiger partial charge is 0.160 e. The van der Waals surface area contributed by atoms with Crippen LogP contribution < -0.4 is 4.74 Å². The van der Waals surface area contributed by atoms with E-state index in [1.807, 2.05) is 12.1 Å². The Bertz CT molecular complexity index is 1020. The summed E-state index contributed by atoms with van der Waals surface area (Å²) in [6.07, 6.45) is 6.90. The number of carbonyl (C=O) groups excluding carboxylic acids is 2. The Morgan fingerprint density at radius 2 is 1.43 bits per heavy atom. The maximum atomic E-state index is 11.9. The highest BCUT2D eigenvalue weighted by atomic mass is 16.5. The zero-order chi connectivity index (χ0) is 22.1. The van der Waals surface area contributed by atoms with Crippen LogP contribution in [0.4, 0.5) is 0 Å². The lowest BCUT2D eigenvalue weighted by atomic mass is 9.73. The first kappa shape index (κ1) is 21.8. The van der Waals surface area contributed by atoms with Crippen molar-refractivity contribution in [3.05, 3.63) is 83.0 Å². The highest BCUT2D eigenvalue weighted by molar-refractivity contribution is 6.07. The van der Waals surface area contributed by atoms with Gasteiger partial charge in [-0.15, -0.1) is 0 Å². The van der Waals surface area contributed by atoms with Crippen molar-refractivity contribution in [3.63, 3.8) is 0 Å². The minimum Gasteiger partial charge on any atom is -0.457 e. The third-order valence-corrected chi connectivity index (χ3v) is 6.13. The van der Waals surface area contributed by atoms with Crippen LogP contribution in [-0.4, -0.2) is 11.6 Å². The molecule has 3 rings (SSSR count). The third-order valence-electron chi connectivity index (χ3n) is 6.13. The van der Waals surface area contributed by atoms with Gasteiger partial charge in [0.05, 0.1) is 0 Å².